The quantitative estimate of drug-likeness (QED) is 0.113. The minimum Gasteiger partial charge on any atom is -0.145 e. The van der Waals surface area contributed by atoms with Crippen LogP contribution in [0.3, 0.4) is 0 Å². The van der Waals surface area contributed by atoms with E-state index in [4.69, 9.17) is 0 Å². The van der Waals surface area contributed by atoms with Gasteiger partial charge in [-0.3, -0.25) is 0 Å². The lowest BCUT2D eigenvalue weighted by atomic mass is 9.95. The van der Waals surface area contributed by atoms with E-state index >= 15 is 0 Å². The van der Waals surface area contributed by atoms with Gasteiger partial charge in [-0.05, 0) is 98.8 Å². The Bertz CT molecular complexity index is 1810. The molecule has 0 atom stereocenters. The summed E-state index contributed by atoms with van der Waals surface area (Å²) in [4.78, 5) is 0. The summed E-state index contributed by atoms with van der Waals surface area (Å²) in [5.41, 5.74) is 4.32. The van der Waals surface area contributed by atoms with E-state index in [0.29, 0.717) is 0 Å². The van der Waals surface area contributed by atoms with Crippen molar-refractivity contribution in [2.24, 2.45) is 0 Å². The lowest BCUT2D eigenvalue weighted by molar-refractivity contribution is 0.837. The van der Waals surface area contributed by atoms with Crippen molar-refractivity contribution in [2.45, 2.75) is 116 Å². The van der Waals surface area contributed by atoms with E-state index in [1.54, 1.807) is 9.00 Å². The number of hydrogen-bond donors (Lipinski definition) is 0. The number of fused-ring (bicyclic) bond motifs is 9. The second-order valence-electron chi connectivity index (χ2n) is 15.4. The fraction of sp³-hybridized carbons (Fsp3) is 0.450. The first-order valence-electron chi connectivity index (χ1n) is 17.0. The van der Waals surface area contributed by atoms with Crippen molar-refractivity contribution in [3.63, 3.8) is 0 Å². The summed E-state index contributed by atoms with van der Waals surface area (Å²) in [6, 6.07) is 24.6. The van der Waals surface area contributed by atoms with Gasteiger partial charge in [-0.25, -0.2) is 0 Å². The maximum absolute atomic E-state index is 2.62. The highest BCUT2D eigenvalue weighted by Crippen LogP contribution is 2.46. The van der Waals surface area contributed by atoms with Crippen molar-refractivity contribution in [3.8, 4) is 0 Å². The molecule has 0 amide bonds. The summed E-state index contributed by atoms with van der Waals surface area (Å²) in [7, 11) is -3.40. The maximum Gasteiger partial charge on any atom is 0.107 e. The van der Waals surface area contributed by atoms with Gasteiger partial charge in [-0.1, -0.05) is 119 Å². The topological polar surface area (TPSA) is 0 Å². The number of benzene rings is 4. The Hall–Kier alpha value is -1.99. The molecule has 0 aliphatic rings. The van der Waals surface area contributed by atoms with Crippen LogP contribution in [0.25, 0.3) is 52.5 Å². The Morgan fingerprint density at radius 1 is 0.341 bits per heavy atom. The molecular formula is C40H52S2Si2. The average Bonchev–Trinajstić information content (AvgIpc) is 3.57. The second kappa shape index (κ2) is 11.4. The molecule has 0 saturated carbocycles. The third-order valence-electron chi connectivity index (χ3n) is 11.8. The van der Waals surface area contributed by atoms with Crippen LogP contribution in [0.4, 0.5) is 0 Å². The van der Waals surface area contributed by atoms with E-state index in [9.17, 15) is 0 Å². The number of thiophene rings is 2. The first-order valence-corrected chi connectivity index (χ1v) is 23.1. The zero-order chi connectivity index (χ0) is 31.9. The van der Waals surface area contributed by atoms with Crippen molar-refractivity contribution in [1.29, 1.82) is 0 Å². The first-order chi connectivity index (χ1) is 20.8. The van der Waals surface area contributed by atoms with Crippen LogP contribution in [0.1, 0.15) is 83.1 Å². The summed E-state index contributed by atoms with van der Waals surface area (Å²) >= 11 is 4.18. The lowest BCUT2D eigenvalue weighted by Crippen LogP contribution is -2.54. The molecule has 2 heterocycles. The summed E-state index contributed by atoms with van der Waals surface area (Å²) in [5.74, 6) is 0. The maximum atomic E-state index is 2.62. The molecule has 2 aromatic heterocycles. The molecule has 44 heavy (non-hydrogen) atoms. The number of rotatable bonds is 8. The molecule has 0 N–H and O–H groups in total. The highest BCUT2D eigenvalue weighted by Gasteiger charge is 2.46. The van der Waals surface area contributed by atoms with Gasteiger partial charge in [0, 0.05) is 20.2 Å². The van der Waals surface area contributed by atoms with Crippen LogP contribution < -0.4 is 9.00 Å². The van der Waals surface area contributed by atoms with Crippen LogP contribution >= 0.6 is 22.7 Å². The molecule has 4 heteroatoms. The van der Waals surface area contributed by atoms with E-state index in [2.05, 4.69) is 166 Å². The van der Waals surface area contributed by atoms with Gasteiger partial charge >= 0.3 is 0 Å². The number of hydrogen-bond acceptors (Lipinski definition) is 2. The third-order valence-corrected chi connectivity index (χ3v) is 29.8. The molecule has 6 rings (SSSR count). The van der Waals surface area contributed by atoms with Gasteiger partial charge in [0.25, 0.3) is 0 Å². The molecule has 232 valence electrons. The van der Waals surface area contributed by atoms with Crippen LogP contribution in [-0.4, -0.2) is 16.1 Å². The minimum absolute atomic E-state index is 0.720. The Labute approximate surface area is 275 Å². The zero-order valence-electron chi connectivity index (χ0n) is 29.1. The zero-order valence-corrected chi connectivity index (χ0v) is 32.7. The van der Waals surface area contributed by atoms with Crippen molar-refractivity contribution >= 4 is 100 Å². The molecule has 0 bridgehead atoms. The highest BCUT2D eigenvalue weighted by atomic mass is 32.1. The van der Waals surface area contributed by atoms with E-state index in [-0.39, 0.29) is 0 Å². The van der Waals surface area contributed by atoms with Crippen LogP contribution in [0.5, 0.6) is 0 Å². The fourth-order valence-electron chi connectivity index (χ4n) is 10.2. The molecule has 0 saturated heterocycles. The Kier molecular flexibility index (Phi) is 8.26. The van der Waals surface area contributed by atoms with Gasteiger partial charge < -0.3 is 0 Å². The van der Waals surface area contributed by atoms with E-state index < -0.39 is 16.1 Å². The summed E-state index contributed by atoms with van der Waals surface area (Å²) in [6.07, 6.45) is 0. The van der Waals surface area contributed by atoms with E-state index in [1.807, 2.05) is 0 Å². The first kappa shape index (κ1) is 32.0. The molecule has 0 fully saturated rings. The van der Waals surface area contributed by atoms with Gasteiger partial charge in [-0.2, -0.15) is 0 Å². The third kappa shape index (κ3) is 4.37. The largest absolute Gasteiger partial charge is 0.145 e. The molecule has 0 aliphatic heterocycles. The normalized spacial score (nSPS) is 13.8. The Balaban J connectivity index is 1.57. The van der Waals surface area contributed by atoms with Gasteiger partial charge in [0.05, 0.1) is 0 Å². The van der Waals surface area contributed by atoms with Crippen LogP contribution in [0.2, 0.25) is 33.2 Å². The molecule has 0 nitrogen and oxygen atoms in total. The molecule has 0 aliphatic carbocycles. The fourth-order valence-corrected chi connectivity index (χ4v) is 30.4. The van der Waals surface area contributed by atoms with Crippen molar-refractivity contribution < 1.29 is 0 Å². The van der Waals surface area contributed by atoms with Gasteiger partial charge in [0.2, 0.25) is 0 Å². The smallest absolute Gasteiger partial charge is 0.107 e. The van der Waals surface area contributed by atoms with Crippen molar-refractivity contribution in [1.82, 2.24) is 0 Å². The van der Waals surface area contributed by atoms with Gasteiger partial charge in [0.1, 0.15) is 16.1 Å². The van der Waals surface area contributed by atoms with Gasteiger partial charge in [0.15, 0.2) is 0 Å². The van der Waals surface area contributed by atoms with Crippen molar-refractivity contribution in [2.75, 3.05) is 0 Å². The molecule has 0 radical (unpaired) electrons. The molecular weight excluding hydrogens is 601 g/mol. The second-order valence-corrected chi connectivity index (χ2v) is 30.0. The van der Waals surface area contributed by atoms with Crippen LogP contribution in [-0.2, 0) is 0 Å². The van der Waals surface area contributed by atoms with Crippen molar-refractivity contribution in [3.05, 3.63) is 60.7 Å². The lowest BCUT2D eigenvalue weighted by Gasteiger charge is -2.42. The Morgan fingerprint density at radius 3 is 0.818 bits per heavy atom. The average molecular weight is 653 g/mol. The summed E-state index contributed by atoms with van der Waals surface area (Å²) < 4.78 is 6.29. The Morgan fingerprint density at radius 2 is 0.568 bits per heavy atom. The van der Waals surface area contributed by atoms with E-state index in [1.165, 1.54) is 52.5 Å². The standard InChI is InChI=1S/C40H52S2Si2/c1-23(2)43(24(3)4,25(5)6)39-21-35-33-15-13-30-29(31(33)17-19-37(35)41-39)14-16-34-32(30)18-20-38-36(34)22-40(42-38)44(26(7)8,27(9)10)28(11)12/h13-28H,1-12H3. The molecule has 0 spiro atoms. The predicted octanol–water partition coefficient (Wildman–Crippen LogP) is 13.3. The SMILES string of the molecule is CC(C)[Si](c1cc2c(ccc3c2ccc2c4ccc5sc([Si](C(C)C)(C(C)C)C(C)C)cc5c4ccc32)s1)(C(C)C)C(C)C. The van der Waals surface area contributed by atoms with Crippen LogP contribution in [0, 0.1) is 0 Å². The minimum atomic E-state index is -1.70. The van der Waals surface area contributed by atoms with Gasteiger partial charge in [-0.15, -0.1) is 22.7 Å². The van der Waals surface area contributed by atoms with E-state index in [0.717, 1.165) is 33.2 Å². The summed E-state index contributed by atoms with van der Waals surface area (Å²) in [6.45, 7) is 29.8. The summed E-state index contributed by atoms with van der Waals surface area (Å²) in [5, 5.41) is 11.3. The molecule has 4 aromatic carbocycles. The molecule has 6 aromatic rings. The monoisotopic (exact) mass is 652 g/mol. The highest BCUT2D eigenvalue weighted by molar-refractivity contribution is 7.33. The van der Waals surface area contributed by atoms with Crippen LogP contribution in [0.15, 0.2) is 60.7 Å². The molecule has 0 unspecified atom stereocenters. The predicted molar refractivity (Wildman–Crippen MR) is 211 cm³/mol.